The van der Waals surface area contributed by atoms with Crippen molar-refractivity contribution >= 4 is 0 Å². The molecule has 17 heavy (non-hydrogen) atoms. The molecule has 2 rings (SSSR count). The summed E-state index contributed by atoms with van der Waals surface area (Å²) in [5.74, 6) is 0.905. The minimum atomic E-state index is 0.259. The first-order valence-corrected chi connectivity index (χ1v) is 6.40. The molecule has 1 aromatic carbocycles. The molecule has 1 aromatic rings. The lowest BCUT2D eigenvalue weighted by atomic mass is 10.0. The summed E-state index contributed by atoms with van der Waals surface area (Å²) in [7, 11) is 1.69. The fourth-order valence-corrected chi connectivity index (χ4v) is 2.68. The first kappa shape index (κ1) is 12.4. The summed E-state index contributed by atoms with van der Waals surface area (Å²) in [5, 5.41) is 0. The molecule has 0 radical (unpaired) electrons. The number of rotatable bonds is 4. The van der Waals surface area contributed by atoms with Gasteiger partial charge in [-0.2, -0.15) is 0 Å². The number of benzene rings is 1. The van der Waals surface area contributed by atoms with Gasteiger partial charge in [-0.15, -0.1) is 0 Å². The Hall–Kier alpha value is -1.06. The molecular weight excluding hydrogens is 212 g/mol. The molecule has 2 atom stereocenters. The quantitative estimate of drug-likeness (QED) is 0.868. The standard InChI is InChI=1S/C14H22N2O/c1-3-9-16-10-8-13(15)14(16)11-4-6-12(17-2)7-5-11/h4-7,13-14H,3,8-10,15H2,1-2H3/t13-,14+/m0/s1. The van der Waals surface area contributed by atoms with Crippen molar-refractivity contribution in [2.75, 3.05) is 20.2 Å². The van der Waals surface area contributed by atoms with E-state index < -0.39 is 0 Å². The van der Waals surface area contributed by atoms with Gasteiger partial charge in [0.15, 0.2) is 0 Å². The maximum Gasteiger partial charge on any atom is 0.118 e. The molecular formula is C14H22N2O. The summed E-state index contributed by atoms with van der Waals surface area (Å²) in [6, 6.07) is 8.94. The van der Waals surface area contributed by atoms with Crippen molar-refractivity contribution in [3.8, 4) is 5.75 Å². The van der Waals surface area contributed by atoms with Gasteiger partial charge in [0.1, 0.15) is 5.75 Å². The molecule has 94 valence electrons. The van der Waals surface area contributed by atoms with E-state index in [9.17, 15) is 0 Å². The monoisotopic (exact) mass is 234 g/mol. The summed E-state index contributed by atoms with van der Waals surface area (Å²) < 4.78 is 5.19. The van der Waals surface area contributed by atoms with Gasteiger partial charge in [-0.3, -0.25) is 4.90 Å². The molecule has 0 amide bonds. The molecule has 1 aliphatic rings. The minimum Gasteiger partial charge on any atom is -0.497 e. The van der Waals surface area contributed by atoms with Gasteiger partial charge in [0.2, 0.25) is 0 Å². The molecule has 1 heterocycles. The summed E-state index contributed by atoms with van der Waals surface area (Å²) >= 11 is 0. The van der Waals surface area contributed by atoms with Gasteiger partial charge >= 0.3 is 0 Å². The Bertz CT molecular complexity index is 348. The van der Waals surface area contributed by atoms with Crippen LogP contribution in [0.1, 0.15) is 31.4 Å². The van der Waals surface area contributed by atoms with Crippen molar-refractivity contribution in [1.29, 1.82) is 0 Å². The maximum absolute atomic E-state index is 6.23. The van der Waals surface area contributed by atoms with E-state index in [1.807, 2.05) is 12.1 Å². The fraction of sp³-hybridized carbons (Fsp3) is 0.571. The third-order valence-corrected chi connectivity index (χ3v) is 3.52. The molecule has 1 fully saturated rings. The smallest absolute Gasteiger partial charge is 0.118 e. The van der Waals surface area contributed by atoms with E-state index in [0.29, 0.717) is 6.04 Å². The van der Waals surface area contributed by atoms with Crippen LogP contribution in [0.15, 0.2) is 24.3 Å². The normalized spacial score (nSPS) is 25.1. The van der Waals surface area contributed by atoms with E-state index in [1.165, 1.54) is 12.0 Å². The van der Waals surface area contributed by atoms with E-state index in [-0.39, 0.29) is 6.04 Å². The van der Waals surface area contributed by atoms with Crippen LogP contribution in [0.4, 0.5) is 0 Å². The van der Waals surface area contributed by atoms with Crippen molar-refractivity contribution in [3.63, 3.8) is 0 Å². The molecule has 3 nitrogen and oxygen atoms in total. The second kappa shape index (κ2) is 5.52. The molecule has 1 aliphatic heterocycles. The Morgan fingerprint density at radius 2 is 2.06 bits per heavy atom. The lowest BCUT2D eigenvalue weighted by Gasteiger charge is -2.26. The van der Waals surface area contributed by atoms with Crippen LogP contribution in [-0.4, -0.2) is 31.1 Å². The van der Waals surface area contributed by atoms with Crippen molar-refractivity contribution in [2.45, 2.75) is 31.8 Å². The predicted molar refractivity (Wildman–Crippen MR) is 70.2 cm³/mol. The zero-order valence-corrected chi connectivity index (χ0v) is 10.7. The van der Waals surface area contributed by atoms with Crippen LogP contribution in [0.5, 0.6) is 5.75 Å². The number of hydrogen-bond acceptors (Lipinski definition) is 3. The van der Waals surface area contributed by atoms with Crippen molar-refractivity contribution in [2.24, 2.45) is 5.73 Å². The molecule has 0 aliphatic carbocycles. The van der Waals surface area contributed by atoms with E-state index in [4.69, 9.17) is 10.5 Å². The fourth-order valence-electron chi connectivity index (χ4n) is 2.68. The predicted octanol–water partition coefficient (Wildman–Crippen LogP) is 2.18. The van der Waals surface area contributed by atoms with Gasteiger partial charge in [-0.05, 0) is 37.1 Å². The van der Waals surface area contributed by atoms with Crippen LogP contribution in [0, 0.1) is 0 Å². The first-order chi connectivity index (χ1) is 8.26. The third kappa shape index (κ3) is 2.61. The van der Waals surface area contributed by atoms with Crippen LogP contribution in [0.2, 0.25) is 0 Å². The van der Waals surface area contributed by atoms with Gasteiger partial charge in [-0.1, -0.05) is 19.1 Å². The summed E-state index contributed by atoms with van der Waals surface area (Å²) in [5.41, 5.74) is 7.54. The van der Waals surface area contributed by atoms with E-state index in [0.717, 1.165) is 25.3 Å². The Morgan fingerprint density at radius 1 is 1.35 bits per heavy atom. The number of methoxy groups -OCH3 is 1. The van der Waals surface area contributed by atoms with Crippen LogP contribution in [0.3, 0.4) is 0 Å². The van der Waals surface area contributed by atoms with Gasteiger partial charge in [-0.25, -0.2) is 0 Å². The lowest BCUT2D eigenvalue weighted by molar-refractivity contribution is 0.248. The van der Waals surface area contributed by atoms with Gasteiger partial charge in [0.25, 0.3) is 0 Å². The Morgan fingerprint density at radius 3 is 2.65 bits per heavy atom. The average Bonchev–Trinajstić information content (AvgIpc) is 2.71. The summed E-state index contributed by atoms with van der Waals surface area (Å²) in [4.78, 5) is 2.49. The highest BCUT2D eigenvalue weighted by Gasteiger charge is 2.31. The lowest BCUT2D eigenvalue weighted by Crippen LogP contribution is -2.32. The van der Waals surface area contributed by atoms with Crippen molar-refractivity contribution < 1.29 is 4.74 Å². The number of hydrogen-bond donors (Lipinski definition) is 1. The molecule has 0 bridgehead atoms. The zero-order valence-electron chi connectivity index (χ0n) is 10.7. The molecule has 0 unspecified atom stereocenters. The van der Waals surface area contributed by atoms with Crippen LogP contribution in [0.25, 0.3) is 0 Å². The van der Waals surface area contributed by atoms with Crippen molar-refractivity contribution in [1.82, 2.24) is 4.90 Å². The van der Waals surface area contributed by atoms with E-state index in [1.54, 1.807) is 7.11 Å². The highest BCUT2D eigenvalue weighted by Crippen LogP contribution is 2.31. The van der Waals surface area contributed by atoms with Gasteiger partial charge < -0.3 is 10.5 Å². The summed E-state index contributed by atoms with van der Waals surface area (Å²) in [6.45, 7) is 4.46. The molecule has 0 saturated carbocycles. The van der Waals surface area contributed by atoms with Crippen LogP contribution >= 0.6 is 0 Å². The van der Waals surface area contributed by atoms with E-state index >= 15 is 0 Å². The number of nitrogens with zero attached hydrogens (tertiary/aromatic N) is 1. The Balaban J connectivity index is 2.17. The second-order valence-electron chi connectivity index (χ2n) is 4.71. The highest BCUT2D eigenvalue weighted by molar-refractivity contribution is 5.30. The van der Waals surface area contributed by atoms with Gasteiger partial charge in [0.05, 0.1) is 7.11 Å². The minimum absolute atomic E-state index is 0.259. The Kier molecular flexibility index (Phi) is 4.02. The van der Waals surface area contributed by atoms with Crippen LogP contribution in [-0.2, 0) is 0 Å². The molecule has 0 spiro atoms. The second-order valence-corrected chi connectivity index (χ2v) is 4.71. The highest BCUT2D eigenvalue weighted by atomic mass is 16.5. The maximum atomic E-state index is 6.23. The number of ether oxygens (including phenoxy) is 1. The third-order valence-electron chi connectivity index (χ3n) is 3.52. The Labute approximate surface area is 104 Å². The number of likely N-dealkylation sites (tertiary alicyclic amines) is 1. The van der Waals surface area contributed by atoms with Crippen LogP contribution < -0.4 is 10.5 Å². The molecule has 1 saturated heterocycles. The molecule has 2 N–H and O–H groups in total. The topological polar surface area (TPSA) is 38.5 Å². The number of nitrogens with two attached hydrogens (primary N) is 1. The zero-order chi connectivity index (χ0) is 12.3. The molecule has 3 heteroatoms. The SMILES string of the molecule is CCCN1CC[C@H](N)[C@H]1c1ccc(OC)cc1. The van der Waals surface area contributed by atoms with Crippen molar-refractivity contribution in [3.05, 3.63) is 29.8 Å². The largest absolute Gasteiger partial charge is 0.497 e. The molecule has 0 aromatic heterocycles. The van der Waals surface area contributed by atoms with Gasteiger partial charge in [0, 0.05) is 18.6 Å². The van der Waals surface area contributed by atoms with E-state index in [2.05, 4.69) is 24.0 Å². The average molecular weight is 234 g/mol. The summed E-state index contributed by atoms with van der Waals surface area (Å²) in [6.07, 6.45) is 2.27. The first-order valence-electron chi connectivity index (χ1n) is 6.40.